The molecule has 0 aromatic heterocycles. The third-order valence-electron chi connectivity index (χ3n) is 4.29. The lowest BCUT2D eigenvalue weighted by molar-refractivity contribution is -0.385. The highest BCUT2D eigenvalue weighted by Gasteiger charge is 2.20. The Hall–Kier alpha value is -3.31. The van der Waals surface area contributed by atoms with E-state index in [9.17, 15) is 23.3 Å². The molecule has 0 bridgehead atoms. The van der Waals surface area contributed by atoms with E-state index < -0.39 is 27.5 Å². The molecule has 0 aliphatic heterocycles. The average Bonchev–Trinajstić information content (AvgIpc) is 2.68. The molecule has 30 heavy (non-hydrogen) atoms. The van der Waals surface area contributed by atoms with Gasteiger partial charge in [-0.05, 0) is 43.2 Å². The van der Waals surface area contributed by atoms with Crippen molar-refractivity contribution in [2.75, 3.05) is 26.0 Å². The minimum absolute atomic E-state index is 0.0567. The van der Waals surface area contributed by atoms with E-state index in [0.717, 1.165) is 10.5 Å². The number of nitrogens with zero attached hydrogens (tertiary/aromatic N) is 3. The summed E-state index contributed by atoms with van der Waals surface area (Å²) in [5, 5.41) is 17.2. The van der Waals surface area contributed by atoms with Crippen molar-refractivity contribution in [1.29, 1.82) is 0 Å². The summed E-state index contributed by atoms with van der Waals surface area (Å²) >= 11 is 0. The number of sulfonamides is 1. The molecule has 2 rings (SSSR count). The highest BCUT2D eigenvalue weighted by Crippen LogP contribution is 2.25. The maximum absolute atomic E-state index is 12.4. The molecule has 2 aromatic rings. The lowest BCUT2D eigenvalue weighted by Gasteiger charge is -2.16. The maximum atomic E-state index is 12.4. The van der Waals surface area contributed by atoms with Crippen molar-refractivity contribution < 1.29 is 23.0 Å². The SMILES string of the molecule is Cc1cc(S(=O)(=O)N(C)C)cc(NC(=O)CO/N=C/c2ccccc2[N+](=O)[O-])c1C. The van der Waals surface area contributed by atoms with Gasteiger partial charge in [0.25, 0.3) is 11.6 Å². The molecule has 0 aliphatic rings. The van der Waals surface area contributed by atoms with E-state index in [1.807, 2.05) is 0 Å². The molecule has 0 fully saturated rings. The Morgan fingerprint density at radius 3 is 2.57 bits per heavy atom. The van der Waals surface area contributed by atoms with Crippen molar-refractivity contribution in [2.24, 2.45) is 5.16 Å². The van der Waals surface area contributed by atoms with Crippen LogP contribution in [0.3, 0.4) is 0 Å². The van der Waals surface area contributed by atoms with Gasteiger partial charge in [0.15, 0.2) is 6.61 Å². The Labute approximate surface area is 174 Å². The van der Waals surface area contributed by atoms with Crippen LogP contribution in [0, 0.1) is 24.0 Å². The van der Waals surface area contributed by atoms with Gasteiger partial charge in [0.1, 0.15) is 0 Å². The molecule has 0 heterocycles. The van der Waals surface area contributed by atoms with E-state index in [2.05, 4.69) is 10.5 Å². The fourth-order valence-electron chi connectivity index (χ4n) is 2.46. The van der Waals surface area contributed by atoms with E-state index in [1.54, 1.807) is 19.9 Å². The lowest BCUT2D eigenvalue weighted by atomic mass is 10.1. The number of nitro groups is 1. The van der Waals surface area contributed by atoms with E-state index in [-0.39, 0.29) is 16.1 Å². The van der Waals surface area contributed by atoms with Crippen LogP contribution in [0.2, 0.25) is 0 Å². The van der Waals surface area contributed by atoms with Crippen molar-refractivity contribution in [3.05, 3.63) is 63.2 Å². The highest BCUT2D eigenvalue weighted by atomic mass is 32.2. The topological polar surface area (TPSA) is 131 Å². The van der Waals surface area contributed by atoms with Crippen molar-refractivity contribution in [3.8, 4) is 0 Å². The molecule has 160 valence electrons. The molecule has 0 saturated carbocycles. The zero-order valence-electron chi connectivity index (χ0n) is 16.9. The second-order valence-electron chi connectivity index (χ2n) is 6.57. The third-order valence-corrected chi connectivity index (χ3v) is 6.08. The van der Waals surface area contributed by atoms with Gasteiger partial charge >= 0.3 is 0 Å². The number of carbonyl (C=O) groups excluding carboxylic acids is 1. The molecule has 1 N–H and O–H groups in total. The van der Waals surface area contributed by atoms with Crippen molar-refractivity contribution >= 4 is 33.5 Å². The van der Waals surface area contributed by atoms with E-state index in [0.29, 0.717) is 16.8 Å². The van der Waals surface area contributed by atoms with Gasteiger partial charge in [0.05, 0.1) is 21.6 Å². The fraction of sp³-hybridized carbons (Fsp3) is 0.263. The largest absolute Gasteiger partial charge is 0.386 e. The number of nitro benzene ring substituents is 1. The molecule has 1 amide bonds. The summed E-state index contributed by atoms with van der Waals surface area (Å²) < 4.78 is 25.8. The maximum Gasteiger partial charge on any atom is 0.278 e. The molecule has 0 saturated heterocycles. The summed E-state index contributed by atoms with van der Waals surface area (Å²) in [5.41, 5.74) is 1.84. The molecule has 0 radical (unpaired) electrons. The van der Waals surface area contributed by atoms with E-state index in [1.165, 1.54) is 44.4 Å². The molecule has 0 unspecified atom stereocenters. The van der Waals surface area contributed by atoms with Crippen molar-refractivity contribution in [2.45, 2.75) is 18.7 Å². The number of oxime groups is 1. The normalized spacial score (nSPS) is 11.6. The van der Waals surface area contributed by atoms with Crippen LogP contribution in [0.4, 0.5) is 11.4 Å². The zero-order valence-corrected chi connectivity index (χ0v) is 17.8. The van der Waals surface area contributed by atoms with Gasteiger partial charge in [-0.2, -0.15) is 0 Å². The monoisotopic (exact) mass is 434 g/mol. The predicted octanol–water partition coefficient (Wildman–Crippen LogP) is 2.45. The number of hydrogen-bond acceptors (Lipinski definition) is 7. The lowest BCUT2D eigenvalue weighted by Crippen LogP contribution is -2.23. The standard InChI is InChI=1S/C19H22N4O6S/c1-13-9-16(30(27,28)22(3)4)10-17(14(13)2)21-19(24)12-29-20-11-15-7-5-6-8-18(15)23(25)26/h5-11H,12H2,1-4H3,(H,21,24)/b20-11+. The smallest absolute Gasteiger partial charge is 0.278 e. The van der Waals surface area contributed by atoms with Gasteiger partial charge in [-0.3, -0.25) is 14.9 Å². The fourth-order valence-corrected chi connectivity index (χ4v) is 3.47. The van der Waals surface area contributed by atoms with Gasteiger partial charge in [-0.15, -0.1) is 0 Å². The summed E-state index contributed by atoms with van der Waals surface area (Å²) in [6.07, 6.45) is 1.14. The number of aryl methyl sites for hydroxylation is 1. The van der Waals surface area contributed by atoms with Crippen LogP contribution in [0.1, 0.15) is 16.7 Å². The van der Waals surface area contributed by atoms with Crippen molar-refractivity contribution in [3.63, 3.8) is 0 Å². The highest BCUT2D eigenvalue weighted by molar-refractivity contribution is 7.89. The van der Waals surface area contributed by atoms with Crippen LogP contribution < -0.4 is 5.32 Å². The first-order valence-corrected chi connectivity index (χ1v) is 10.2. The Bertz CT molecular complexity index is 1100. The minimum atomic E-state index is -3.66. The Balaban J connectivity index is 2.09. The van der Waals surface area contributed by atoms with Crippen LogP contribution >= 0.6 is 0 Å². The number of carbonyl (C=O) groups is 1. The predicted molar refractivity (Wildman–Crippen MR) is 112 cm³/mol. The average molecular weight is 434 g/mol. The molecule has 0 spiro atoms. The van der Waals surface area contributed by atoms with Crippen LogP contribution in [-0.4, -0.2) is 50.5 Å². The number of hydrogen-bond donors (Lipinski definition) is 1. The van der Waals surface area contributed by atoms with E-state index >= 15 is 0 Å². The Morgan fingerprint density at radius 2 is 1.93 bits per heavy atom. The molecule has 0 aliphatic carbocycles. The number of para-hydroxylation sites is 1. The molecular weight excluding hydrogens is 412 g/mol. The molecule has 10 nitrogen and oxygen atoms in total. The van der Waals surface area contributed by atoms with Crippen LogP contribution in [0.5, 0.6) is 0 Å². The molecule has 11 heteroatoms. The summed E-state index contributed by atoms with van der Waals surface area (Å²) in [7, 11) is -0.820. The zero-order chi connectivity index (χ0) is 22.5. The van der Waals surface area contributed by atoms with Crippen LogP contribution in [0.25, 0.3) is 0 Å². The quantitative estimate of drug-likeness (QED) is 0.386. The summed E-state index contributed by atoms with van der Waals surface area (Å²) in [5.74, 6) is -0.559. The third kappa shape index (κ3) is 5.39. The molecule has 0 atom stereocenters. The second kappa shape index (κ2) is 9.46. The first-order chi connectivity index (χ1) is 14.0. The number of benzene rings is 2. The number of amides is 1. The first kappa shape index (κ1) is 23.0. The number of nitrogens with one attached hydrogen (secondary N) is 1. The Kier molecular flexibility index (Phi) is 7.24. The molecular formula is C19H22N4O6S. The van der Waals surface area contributed by atoms with Gasteiger partial charge in [-0.1, -0.05) is 17.3 Å². The summed E-state index contributed by atoms with van der Waals surface area (Å²) in [6, 6.07) is 8.88. The molecule has 2 aromatic carbocycles. The summed E-state index contributed by atoms with van der Waals surface area (Å²) in [4.78, 5) is 27.6. The van der Waals surface area contributed by atoms with Gasteiger partial charge in [0, 0.05) is 25.8 Å². The number of rotatable bonds is 8. The van der Waals surface area contributed by atoms with Crippen LogP contribution in [-0.2, 0) is 19.7 Å². The second-order valence-corrected chi connectivity index (χ2v) is 8.72. The van der Waals surface area contributed by atoms with Gasteiger partial charge < -0.3 is 10.2 Å². The van der Waals surface area contributed by atoms with Crippen LogP contribution in [0.15, 0.2) is 46.4 Å². The summed E-state index contributed by atoms with van der Waals surface area (Å²) in [6.45, 7) is 3.04. The van der Waals surface area contributed by atoms with Gasteiger partial charge in [0.2, 0.25) is 10.0 Å². The van der Waals surface area contributed by atoms with E-state index in [4.69, 9.17) is 4.84 Å². The van der Waals surface area contributed by atoms with Crippen molar-refractivity contribution in [1.82, 2.24) is 4.31 Å². The van der Waals surface area contributed by atoms with Gasteiger partial charge in [-0.25, -0.2) is 12.7 Å². The minimum Gasteiger partial charge on any atom is -0.386 e. The Morgan fingerprint density at radius 1 is 1.27 bits per heavy atom. The first-order valence-electron chi connectivity index (χ1n) is 8.76. The number of anilines is 1.